The summed E-state index contributed by atoms with van der Waals surface area (Å²) in [6.07, 6.45) is 8.95. The minimum atomic E-state index is -3.15. The van der Waals surface area contributed by atoms with E-state index in [4.69, 9.17) is 5.73 Å². The van der Waals surface area contributed by atoms with Gasteiger partial charge in [-0.2, -0.15) is 0 Å². The Kier molecular flexibility index (Phi) is 4.44. The molecule has 2 atom stereocenters. The Labute approximate surface area is 104 Å². The fourth-order valence-corrected chi connectivity index (χ4v) is 4.85. The van der Waals surface area contributed by atoms with E-state index < -0.39 is 10.0 Å². The summed E-state index contributed by atoms with van der Waals surface area (Å²) in [7, 11) is -3.15. The molecule has 0 heterocycles. The van der Waals surface area contributed by atoms with Gasteiger partial charge in [0, 0.05) is 12.1 Å². The predicted octanol–water partition coefficient (Wildman–Crippen LogP) is 1.51. The molecule has 2 fully saturated rings. The van der Waals surface area contributed by atoms with Crippen molar-refractivity contribution in [3.05, 3.63) is 0 Å². The molecule has 0 spiro atoms. The third kappa shape index (κ3) is 3.42. The normalized spacial score (nSPS) is 32.5. The fourth-order valence-electron chi connectivity index (χ4n) is 2.99. The maximum Gasteiger partial charge on any atom is 0.214 e. The van der Waals surface area contributed by atoms with Gasteiger partial charge < -0.3 is 5.73 Å². The van der Waals surface area contributed by atoms with E-state index in [0.29, 0.717) is 0 Å². The van der Waals surface area contributed by atoms with Crippen LogP contribution >= 0.6 is 0 Å². The van der Waals surface area contributed by atoms with E-state index in [9.17, 15) is 8.42 Å². The summed E-state index contributed by atoms with van der Waals surface area (Å²) in [6.45, 7) is 0. The van der Waals surface area contributed by atoms with E-state index >= 15 is 0 Å². The van der Waals surface area contributed by atoms with Crippen LogP contribution < -0.4 is 10.5 Å². The van der Waals surface area contributed by atoms with E-state index in [-0.39, 0.29) is 17.3 Å². The molecular formula is C12H24N2O2S. The first kappa shape index (κ1) is 13.3. The highest BCUT2D eigenvalue weighted by molar-refractivity contribution is 7.90. The second-order valence-corrected chi connectivity index (χ2v) is 7.47. The summed E-state index contributed by atoms with van der Waals surface area (Å²) >= 11 is 0. The van der Waals surface area contributed by atoms with Crippen molar-refractivity contribution in [1.29, 1.82) is 0 Å². The van der Waals surface area contributed by atoms with Crippen LogP contribution in [0.2, 0.25) is 0 Å². The second-order valence-electron chi connectivity index (χ2n) is 5.48. The van der Waals surface area contributed by atoms with Crippen molar-refractivity contribution in [2.45, 2.75) is 75.1 Å². The fraction of sp³-hybridized carbons (Fsp3) is 1.00. The third-order valence-corrected chi connectivity index (χ3v) is 6.11. The molecule has 4 nitrogen and oxygen atoms in total. The van der Waals surface area contributed by atoms with Crippen molar-refractivity contribution in [2.75, 3.05) is 0 Å². The number of sulfonamides is 1. The van der Waals surface area contributed by atoms with Crippen molar-refractivity contribution in [2.24, 2.45) is 5.73 Å². The summed E-state index contributed by atoms with van der Waals surface area (Å²) in [5.41, 5.74) is 5.99. The zero-order chi connectivity index (χ0) is 12.3. The van der Waals surface area contributed by atoms with Crippen molar-refractivity contribution in [3.8, 4) is 0 Å². The van der Waals surface area contributed by atoms with Crippen LogP contribution in [0.1, 0.15) is 57.8 Å². The molecule has 0 bridgehead atoms. The van der Waals surface area contributed by atoms with Crippen molar-refractivity contribution >= 4 is 10.0 Å². The molecule has 0 saturated heterocycles. The van der Waals surface area contributed by atoms with Gasteiger partial charge in [0.1, 0.15) is 0 Å². The molecule has 17 heavy (non-hydrogen) atoms. The Balaban J connectivity index is 1.95. The minimum absolute atomic E-state index is 0.00196. The summed E-state index contributed by atoms with van der Waals surface area (Å²) in [5.74, 6) is 0. The van der Waals surface area contributed by atoms with Gasteiger partial charge in [0.15, 0.2) is 0 Å². The average molecular weight is 260 g/mol. The van der Waals surface area contributed by atoms with Gasteiger partial charge in [-0.3, -0.25) is 0 Å². The molecule has 0 unspecified atom stereocenters. The van der Waals surface area contributed by atoms with E-state index in [1.54, 1.807) is 0 Å². The van der Waals surface area contributed by atoms with Crippen LogP contribution in [-0.2, 0) is 10.0 Å². The van der Waals surface area contributed by atoms with Crippen LogP contribution in [-0.4, -0.2) is 25.8 Å². The lowest BCUT2D eigenvalue weighted by atomic mass is 9.92. The van der Waals surface area contributed by atoms with Crippen LogP contribution in [0.5, 0.6) is 0 Å². The van der Waals surface area contributed by atoms with Gasteiger partial charge in [-0.05, 0) is 25.7 Å². The Morgan fingerprint density at radius 1 is 0.882 bits per heavy atom. The average Bonchev–Trinajstić information content (AvgIpc) is 2.33. The van der Waals surface area contributed by atoms with Crippen LogP contribution in [0.3, 0.4) is 0 Å². The Morgan fingerprint density at radius 3 is 2.12 bits per heavy atom. The molecule has 5 heteroatoms. The first-order valence-corrected chi connectivity index (χ1v) is 8.41. The van der Waals surface area contributed by atoms with Gasteiger partial charge in [-0.25, -0.2) is 13.1 Å². The maximum atomic E-state index is 12.2. The number of hydrogen-bond acceptors (Lipinski definition) is 3. The number of rotatable bonds is 3. The summed E-state index contributed by atoms with van der Waals surface area (Å²) in [4.78, 5) is 0. The predicted molar refractivity (Wildman–Crippen MR) is 69.2 cm³/mol. The van der Waals surface area contributed by atoms with Crippen LogP contribution in [0, 0.1) is 0 Å². The quantitative estimate of drug-likeness (QED) is 0.808. The number of nitrogens with two attached hydrogens (primary N) is 1. The Morgan fingerprint density at radius 2 is 1.47 bits per heavy atom. The molecule has 0 radical (unpaired) electrons. The van der Waals surface area contributed by atoms with Gasteiger partial charge in [0.05, 0.1) is 5.25 Å². The summed E-state index contributed by atoms with van der Waals surface area (Å²) in [5, 5.41) is -0.176. The molecule has 0 aromatic carbocycles. The molecule has 2 aliphatic carbocycles. The lowest BCUT2D eigenvalue weighted by molar-refractivity contribution is 0.357. The second kappa shape index (κ2) is 5.67. The molecule has 2 rings (SSSR count). The molecule has 0 aromatic rings. The SMILES string of the molecule is N[C@@H]1CCCC[C@H]1NS(=O)(=O)C1CCCCC1. The molecule has 100 valence electrons. The van der Waals surface area contributed by atoms with Crippen LogP contribution in [0.15, 0.2) is 0 Å². The Bertz CT molecular complexity index is 336. The van der Waals surface area contributed by atoms with E-state index in [2.05, 4.69) is 4.72 Å². The van der Waals surface area contributed by atoms with E-state index in [1.165, 1.54) is 6.42 Å². The maximum absolute atomic E-state index is 12.2. The third-order valence-electron chi connectivity index (χ3n) is 4.13. The highest BCUT2D eigenvalue weighted by Crippen LogP contribution is 2.25. The molecule has 2 aliphatic rings. The van der Waals surface area contributed by atoms with Gasteiger partial charge in [-0.1, -0.05) is 32.1 Å². The van der Waals surface area contributed by atoms with Gasteiger partial charge in [-0.15, -0.1) is 0 Å². The molecule has 2 saturated carbocycles. The standard InChI is InChI=1S/C12H24N2O2S/c13-11-8-4-5-9-12(11)14-17(15,16)10-6-2-1-3-7-10/h10-12,14H,1-9,13H2/t11-,12-/m1/s1. The van der Waals surface area contributed by atoms with Crippen LogP contribution in [0.25, 0.3) is 0 Å². The van der Waals surface area contributed by atoms with Gasteiger partial charge in [0.2, 0.25) is 10.0 Å². The first-order chi connectivity index (χ1) is 8.09. The highest BCUT2D eigenvalue weighted by atomic mass is 32.2. The zero-order valence-corrected chi connectivity index (χ0v) is 11.2. The molecule has 3 N–H and O–H groups in total. The molecular weight excluding hydrogens is 236 g/mol. The number of nitrogens with one attached hydrogen (secondary N) is 1. The van der Waals surface area contributed by atoms with Crippen molar-refractivity contribution in [3.63, 3.8) is 0 Å². The lowest BCUT2D eigenvalue weighted by Gasteiger charge is -2.31. The van der Waals surface area contributed by atoms with Crippen molar-refractivity contribution in [1.82, 2.24) is 4.72 Å². The van der Waals surface area contributed by atoms with Gasteiger partial charge in [0.25, 0.3) is 0 Å². The summed E-state index contributed by atoms with van der Waals surface area (Å²) in [6, 6.07) is -0.0298. The van der Waals surface area contributed by atoms with Gasteiger partial charge >= 0.3 is 0 Å². The molecule has 0 aliphatic heterocycles. The lowest BCUT2D eigenvalue weighted by Crippen LogP contribution is -2.51. The highest BCUT2D eigenvalue weighted by Gasteiger charge is 2.32. The van der Waals surface area contributed by atoms with E-state index in [0.717, 1.165) is 51.4 Å². The molecule has 0 aromatic heterocycles. The largest absolute Gasteiger partial charge is 0.326 e. The molecule has 0 amide bonds. The van der Waals surface area contributed by atoms with E-state index in [1.807, 2.05) is 0 Å². The zero-order valence-electron chi connectivity index (χ0n) is 10.4. The van der Waals surface area contributed by atoms with Crippen molar-refractivity contribution < 1.29 is 8.42 Å². The summed E-state index contributed by atoms with van der Waals surface area (Å²) < 4.78 is 27.3. The first-order valence-electron chi connectivity index (χ1n) is 6.86. The Hall–Kier alpha value is -0.130. The minimum Gasteiger partial charge on any atom is -0.326 e. The topological polar surface area (TPSA) is 72.2 Å². The smallest absolute Gasteiger partial charge is 0.214 e. The van der Waals surface area contributed by atoms with Crippen LogP contribution in [0.4, 0.5) is 0 Å². The monoisotopic (exact) mass is 260 g/mol. The number of hydrogen-bond donors (Lipinski definition) is 2.